The van der Waals surface area contributed by atoms with Gasteiger partial charge in [-0.25, -0.2) is 0 Å². The first-order chi connectivity index (χ1) is 10.6. The number of carbonyl (C=O) groups is 2. The van der Waals surface area contributed by atoms with E-state index < -0.39 is 12.1 Å². The van der Waals surface area contributed by atoms with Crippen LogP contribution in [0.5, 0.6) is 0 Å². The molecule has 0 radical (unpaired) electrons. The number of aliphatic carboxylic acids is 1. The van der Waals surface area contributed by atoms with Crippen LogP contribution >= 0.6 is 0 Å². The first-order valence-corrected chi connectivity index (χ1v) is 7.16. The van der Waals surface area contributed by atoms with Crippen molar-refractivity contribution in [3.8, 4) is 0 Å². The second kappa shape index (κ2) is 7.52. The number of carboxylic acid groups (broad SMARTS) is 1. The van der Waals surface area contributed by atoms with E-state index in [1.54, 1.807) is 42.5 Å². The number of Topliss-reactive ketones (excluding diaryl/α,β-unsaturated/α-hetero) is 1. The lowest BCUT2D eigenvalue weighted by molar-refractivity contribution is -0.137. The van der Waals surface area contributed by atoms with Crippen LogP contribution in [0.1, 0.15) is 40.4 Å². The molecule has 0 amide bonds. The molecule has 4 nitrogen and oxygen atoms in total. The molecule has 0 aromatic heterocycles. The molecule has 0 heterocycles. The Kier molecular flexibility index (Phi) is 5.44. The van der Waals surface area contributed by atoms with Crippen molar-refractivity contribution in [3.63, 3.8) is 0 Å². The van der Waals surface area contributed by atoms with Crippen molar-refractivity contribution in [1.82, 2.24) is 0 Å². The van der Waals surface area contributed by atoms with E-state index in [4.69, 9.17) is 5.11 Å². The minimum atomic E-state index is -1.21. The van der Waals surface area contributed by atoms with E-state index >= 15 is 0 Å². The van der Waals surface area contributed by atoms with Crippen LogP contribution in [0.15, 0.2) is 54.6 Å². The zero-order chi connectivity index (χ0) is 15.9. The van der Waals surface area contributed by atoms with E-state index in [2.05, 4.69) is 0 Å². The molecule has 0 aliphatic carbocycles. The fourth-order valence-corrected chi connectivity index (χ4v) is 2.34. The van der Waals surface area contributed by atoms with Gasteiger partial charge in [-0.15, -0.1) is 0 Å². The molecule has 0 aliphatic heterocycles. The Labute approximate surface area is 129 Å². The van der Waals surface area contributed by atoms with Crippen molar-refractivity contribution in [2.24, 2.45) is 0 Å². The third kappa shape index (κ3) is 4.02. The summed E-state index contributed by atoms with van der Waals surface area (Å²) in [5.41, 5.74) is 1.76. The fraction of sp³-hybridized carbons (Fsp3) is 0.222. The Morgan fingerprint density at radius 3 is 2.27 bits per heavy atom. The summed E-state index contributed by atoms with van der Waals surface area (Å²) in [6.07, 6.45) is -0.192. The third-order valence-corrected chi connectivity index (χ3v) is 3.48. The first kappa shape index (κ1) is 15.9. The summed E-state index contributed by atoms with van der Waals surface area (Å²) in [7, 11) is 0. The molecule has 114 valence electrons. The highest BCUT2D eigenvalue weighted by molar-refractivity contribution is 6.01. The van der Waals surface area contributed by atoms with E-state index in [1.807, 2.05) is 12.1 Å². The highest BCUT2D eigenvalue weighted by Gasteiger charge is 2.21. The lowest BCUT2D eigenvalue weighted by atomic mass is 9.94. The highest BCUT2D eigenvalue weighted by atomic mass is 16.4. The lowest BCUT2D eigenvalue weighted by Gasteiger charge is -2.13. The van der Waals surface area contributed by atoms with Crippen molar-refractivity contribution in [2.75, 3.05) is 0 Å². The quantitative estimate of drug-likeness (QED) is 0.771. The number of rotatable bonds is 7. The number of aryl methyl sites for hydroxylation is 1. The van der Waals surface area contributed by atoms with Crippen LogP contribution in [0.4, 0.5) is 0 Å². The third-order valence-electron chi connectivity index (χ3n) is 3.48. The predicted octanol–water partition coefficient (Wildman–Crippen LogP) is 3.01. The molecule has 0 saturated carbocycles. The molecule has 0 saturated heterocycles. The largest absolute Gasteiger partial charge is 0.481 e. The average Bonchev–Trinajstić information content (AvgIpc) is 2.54. The maximum atomic E-state index is 12.5. The van der Waals surface area contributed by atoms with Gasteiger partial charge in [0, 0.05) is 12.0 Å². The summed E-state index contributed by atoms with van der Waals surface area (Å²) in [6.45, 7) is 0. The van der Waals surface area contributed by atoms with Crippen molar-refractivity contribution in [1.29, 1.82) is 0 Å². The minimum absolute atomic E-state index is 0.0593. The van der Waals surface area contributed by atoms with Crippen molar-refractivity contribution in [2.45, 2.75) is 25.4 Å². The molecule has 1 unspecified atom stereocenters. The Bertz CT molecular complexity index is 649. The van der Waals surface area contributed by atoms with Crippen LogP contribution < -0.4 is 0 Å². The first-order valence-electron chi connectivity index (χ1n) is 7.16. The van der Waals surface area contributed by atoms with Gasteiger partial charge in [-0.05, 0) is 24.0 Å². The van der Waals surface area contributed by atoms with E-state index in [-0.39, 0.29) is 12.2 Å². The smallest absolute Gasteiger partial charge is 0.303 e. The number of benzene rings is 2. The lowest BCUT2D eigenvalue weighted by Crippen LogP contribution is -2.14. The van der Waals surface area contributed by atoms with Gasteiger partial charge in [0.05, 0.1) is 0 Å². The molecule has 2 aromatic carbocycles. The van der Waals surface area contributed by atoms with Crippen molar-refractivity contribution >= 4 is 11.8 Å². The van der Waals surface area contributed by atoms with Gasteiger partial charge >= 0.3 is 5.97 Å². The summed E-state index contributed by atoms with van der Waals surface area (Å²) in [5.74, 6) is -1.22. The molecule has 0 bridgehead atoms. The summed E-state index contributed by atoms with van der Waals surface area (Å²) >= 11 is 0. The number of carboxylic acids is 1. The van der Waals surface area contributed by atoms with Crippen molar-refractivity contribution < 1.29 is 19.8 Å². The van der Waals surface area contributed by atoms with Gasteiger partial charge in [-0.3, -0.25) is 9.59 Å². The fourth-order valence-electron chi connectivity index (χ4n) is 2.34. The van der Waals surface area contributed by atoms with Gasteiger partial charge in [-0.1, -0.05) is 54.6 Å². The van der Waals surface area contributed by atoms with E-state index in [1.165, 1.54) is 0 Å². The van der Waals surface area contributed by atoms with Crippen LogP contribution in [0.2, 0.25) is 0 Å². The van der Waals surface area contributed by atoms with Gasteiger partial charge in [-0.2, -0.15) is 0 Å². The van der Waals surface area contributed by atoms with Gasteiger partial charge in [0.2, 0.25) is 0 Å². The van der Waals surface area contributed by atoms with Gasteiger partial charge < -0.3 is 10.2 Å². The van der Waals surface area contributed by atoms with Crippen LogP contribution in [-0.4, -0.2) is 22.0 Å². The van der Waals surface area contributed by atoms with Gasteiger partial charge in [0.1, 0.15) is 6.10 Å². The van der Waals surface area contributed by atoms with Crippen LogP contribution in [-0.2, 0) is 11.2 Å². The maximum absolute atomic E-state index is 12.5. The molecular weight excluding hydrogens is 280 g/mol. The number of aliphatic hydroxyl groups is 1. The molecule has 4 heteroatoms. The summed E-state index contributed by atoms with van der Waals surface area (Å²) in [4.78, 5) is 23.1. The van der Waals surface area contributed by atoms with E-state index in [0.29, 0.717) is 24.0 Å². The minimum Gasteiger partial charge on any atom is -0.481 e. The van der Waals surface area contributed by atoms with Crippen molar-refractivity contribution in [3.05, 3.63) is 71.3 Å². The molecule has 0 fully saturated rings. The predicted molar refractivity (Wildman–Crippen MR) is 82.7 cm³/mol. The zero-order valence-corrected chi connectivity index (χ0v) is 12.1. The monoisotopic (exact) mass is 298 g/mol. The number of hydrogen-bond acceptors (Lipinski definition) is 3. The number of hydrogen-bond donors (Lipinski definition) is 2. The molecule has 2 aromatic rings. The standard InChI is InChI=1S/C18H18O4/c19-16(20)12-6-10-13-7-4-5-11-15(13)18(22)17(21)14-8-2-1-3-9-14/h1-5,7-9,11,17,21H,6,10,12H2,(H,19,20). The maximum Gasteiger partial charge on any atom is 0.303 e. The van der Waals surface area contributed by atoms with Gasteiger partial charge in [0.15, 0.2) is 5.78 Å². The SMILES string of the molecule is O=C(O)CCCc1ccccc1C(=O)C(O)c1ccccc1. The average molecular weight is 298 g/mol. The van der Waals surface area contributed by atoms with Crippen LogP contribution in [0.25, 0.3) is 0 Å². The summed E-state index contributed by atoms with van der Waals surface area (Å²) in [5, 5.41) is 18.9. The highest BCUT2D eigenvalue weighted by Crippen LogP contribution is 2.21. The Morgan fingerprint density at radius 1 is 0.955 bits per heavy atom. The molecule has 0 spiro atoms. The van der Waals surface area contributed by atoms with Crippen LogP contribution in [0.3, 0.4) is 0 Å². The Morgan fingerprint density at radius 2 is 1.59 bits per heavy atom. The van der Waals surface area contributed by atoms with Gasteiger partial charge in [0.25, 0.3) is 0 Å². The number of carbonyl (C=O) groups excluding carboxylic acids is 1. The molecule has 0 aliphatic rings. The summed E-state index contributed by atoms with van der Waals surface area (Å²) in [6, 6.07) is 15.8. The molecule has 22 heavy (non-hydrogen) atoms. The number of ketones is 1. The summed E-state index contributed by atoms with van der Waals surface area (Å²) < 4.78 is 0. The zero-order valence-electron chi connectivity index (χ0n) is 12.1. The normalized spacial score (nSPS) is 11.9. The van der Waals surface area contributed by atoms with Crippen LogP contribution in [0, 0.1) is 0 Å². The molecule has 2 rings (SSSR count). The Hall–Kier alpha value is -2.46. The second-order valence-corrected chi connectivity index (χ2v) is 5.08. The number of aliphatic hydroxyl groups excluding tert-OH is 1. The molecule has 1 atom stereocenters. The Balaban J connectivity index is 2.17. The topological polar surface area (TPSA) is 74.6 Å². The molecule has 2 N–H and O–H groups in total. The van der Waals surface area contributed by atoms with E-state index in [0.717, 1.165) is 5.56 Å². The molecular formula is C18H18O4. The second-order valence-electron chi connectivity index (χ2n) is 5.08. The van der Waals surface area contributed by atoms with E-state index in [9.17, 15) is 14.7 Å².